The average Bonchev–Trinajstić information content (AvgIpc) is 2.85. The number of carbonyl (C=O) groups is 2. The maximum Gasteiger partial charge on any atom is 0.338 e. The number of esters is 1. The molecule has 9 heteroatoms. The van der Waals surface area contributed by atoms with E-state index in [-0.39, 0.29) is 17.0 Å². The molecule has 0 saturated heterocycles. The first-order valence-electron chi connectivity index (χ1n) is 10.6. The fourth-order valence-electron chi connectivity index (χ4n) is 3.75. The minimum Gasteiger partial charge on any atom is -0.452 e. The quantitative estimate of drug-likeness (QED) is 0.514. The van der Waals surface area contributed by atoms with E-state index >= 15 is 0 Å². The molecule has 0 aromatic heterocycles. The Morgan fingerprint density at radius 1 is 1.03 bits per heavy atom. The van der Waals surface area contributed by atoms with E-state index in [1.165, 1.54) is 28.6 Å². The summed E-state index contributed by atoms with van der Waals surface area (Å²) in [5.74, 6) is -1.33. The van der Waals surface area contributed by atoms with Gasteiger partial charge in [-0.1, -0.05) is 48.0 Å². The first-order valence-corrected chi connectivity index (χ1v) is 12.5. The second kappa shape index (κ2) is 9.97. The Morgan fingerprint density at radius 2 is 1.76 bits per heavy atom. The lowest BCUT2D eigenvalue weighted by molar-refractivity contribution is -0.119. The molecule has 0 saturated carbocycles. The molecule has 34 heavy (non-hydrogen) atoms. The van der Waals surface area contributed by atoms with Gasteiger partial charge in [-0.15, -0.1) is 0 Å². The lowest BCUT2D eigenvalue weighted by atomic mass is 10.0. The van der Waals surface area contributed by atoms with Gasteiger partial charge in [0.15, 0.2) is 6.61 Å². The van der Waals surface area contributed by atoms with Gasteiger partial charge in [0.2, 0.25) is 10.0 Å². The molecule has 1 heterocycles. The van der Waals surface area contributed by atoms with Crippen LogP contribution in [0.4, 0.5) is 5.69 Å². The van der Waals surface area contributed by atoms with Crippen molar-refractivity contribution in [3.8, 4) is 0 Å². The van der Waals surface area contributed by atoms with Gasteiger partial charge in [-0.05, 0) is 60.4 Å². The summed E-state index contributed by atoms with van der Waals surface area (Å²) < 4.78 is 32.9. The second-order valence-corrected chi connectivity index (χ2v) is 10.3. The van der Waals surface area contributed by atoms with Crippen molar-refractivity contribution in [1.29, 1.82) is 0 Å². The van der Waals surface area contributed by atoms with E-state index < -0.39 is 28.5 Å². The number of nitrogens with one attached hydrogen (secondary N) is 1. The standard InChI is InChI=1S/C25H23ClN2O5S/c1-17-22(26)10-5-11-23(17)27-24(29)16-33-25(30)19-8-4-9-21(14-19)34(31,32)28-13-12-18-6-2-3-7-20(18)15-28/h2-11,14H,12-13,15-16H2,1H3,(H,27,29). The maximum absolute atomic E-state index is 13.2. The highest BCUT2D eigenvalue weighted by Gasteiger charge is 2.28. The van der Waals surface area contributed by atoms with Gasteiger partial charge in [0.25, 0.3) is 5.91 Å². The van der Waals surface area contributed by atoms with Gasteiger partial charge in [-0.25, -0.2) is 13.2 Å². The van der Waals surface area contributed by atoms with Gasteiger partial charge >= 0.3 is 5.97 Å². The normalized spacial score (nSPS) is 13.7. The fraction of sp³-hybridized carbons (Fsp3) is 0.200. The van der Waals surface area contributed by atoms with Gasteiger partial charge in [-0.2, -0.15) is 4.31 Å². The molecule has 3 aromatic rings. The molecule has 176 valence electrons. The van der Waals surface area contributed by atoms with Crippen molar-refractivity contribution in [2.75, 3.05) is 18.5 Å². The highest BCUT2D eigenvalue weighted by Crippen LogP contribution is 2.26. The van der Waals surface area contributed by atoms with Crippen LogP contribution in [0.5, 0.6) is 0 Å². The van der Waals surface area contributed by atoms with Crippen molar-refractivity contribution in [1.82, 2.24) is 4.31 Å². The van der Waals surface area contributed by atoms with Crippen molar-refractivity contribution in [3.05, 3.63) is 94.0 Å². The van der Waals surface area contributed by atoms with Crippen LogP contribution in [0.1, 0.15) is 27.0 Å². The van der Waals surface area contributed by atoms with Crippen molar-refractivity contribution in [2.24, 2.45) is 0 Å². The molecule has 1 aliphatic heterocycles. The van der Waals surface area contributed by atoms with Crippen LogP contribution < -0.4 is 5.32 Å². The number of amides is 1. The molecular weight excluding hydrogens is 476 g/mol. The molecule has 0 spiro atoms. The van der Waals surface area contributed by atoms with Gasteiger partial charge in [0, 0.05) is 23.8 Å². The summed E-state index contributed by atoms with van der Waals surface area (Å²) in [6.07, 6.45) is 0.623. The van der Waals surface area contributed by atoms with Gasteiger partial charge in [0.05, 0.1) is 10.5 Å². The summed E-state index contributed by atoms with van der Waals surface area (Å²) in [6.45, 7) is 1.87. The number of anilines is 1. The molecule has 0 bridgehead atoms. The van der Waals surface area contributed by atoms with Crippen LogP contribution in [0.25, 0.3) is 0 Å². The second-order valence-electron chi connectivity index (χ2n) is 7.92. The average molecular weight is 499 g/mol. The van der Waals surface area contributed by atoms with Crippen molar-refractivity contribution in [3.63, 3.8) is 0 Å². The lowest BCUT2D eigenvalue weighted by Crippen LogP contribution is -2.36. The molecule has 4 rings (SSSR count). The fourth-order valence-corrected chi connectivity index (χ4v) is 5.39. The summed E-state index contributed by atoms with van der Waals surface area (Å²) in [5.41, 5.74) is 3.36. The van der Waals surface area contributed by atoms with E-state index in [0.29, 0.717) is 29.2 Å². The summed E-state index contributed by atoms with van der Waals surface area (Å²) in [4.78, 5) is 24.7. The first-order chi connectivity index (χ1) is 16.3. The topological polar surface area (TPSA) is 92.8 Å². The maximum atomic E-state index is 13.2. The molecule has 3 aromatic carbocycles. The zero-order chi connectivity index (χ0) is 24.3. The number of benzene rings is 3. The highest BCUT2D eigenvalue weighted by molar-refractivity contribution is 7.89. The van der Waals surface area contributed by atoms with Crippen molar-refractivity contribution in [2.45, 2.75) is 24.8 Å². The van der Waals surface area contributed by atoms with E-state index in [4.69, 9.17) is 16.3 Å². The Hall–Kier alpha value is -3.20. The van der Waals surface area contributed by atoms with E-state index in [1.54, 1.807) is 25.1 Å². The molecule has 0 unspecified atom stereocenters. The van der Waals surface area contributed by atoms with Crippen LogP contribution in [-0.4, -0.2) is 37.8 Å². The Morgan fingerprint density at radius 3 is 2.56 bits per heavy atom. The van der Waals surface area contributed by atoms with Gasteiger partial charge in [0.1, 0.15) is 0 Å². The third-order valence-electron chi connectivity index (χ3n) is 5.68. The molecule has 0 radical (unpaired) electrons. The molecule has 1 aliphatic rings. The third kappa shape index (κ3) is 5.14. The number of halogens is 1. The molecule has 0 fully saturated rings. The number of fused-ring (bicyclic) bond motifs is 1. The van der Waals surface area contributed by atoms with E-state index in [1.807, 2.05) is 24.3 Å². The predicted octanol–water partition coefficient (Wildman–Crippen LogP) is 4.19. The Bertz CT molecular complexity index is 1360. The smallest absolute Gasteiger partial charge is 0.338 e. The monoisotopic (exact) mass is 498 g/mol. The number of carbonyl (C=O) groups excluding carboxylic acids is 2. The zero-order valence-electron chi connectivity index (χ0n) is 18.5. The van der Waals surface area contributed by atoms with Crippen LogP contribution in [0.3, 0.4) is 0 Å². The van der Waals surface area contributed by atoms with Crippen LogP contribution in [-0.2, 0) is 32.5 Å². The summed E-state index contributed by atoms with van der Waals surface area (Å²) in [6, 6.07) is 18.5. The minimum atomic E-state index is -3.81. The van der Waals surface area contributed by atoms with Crippen molar-refractivity contribution < 1.29 is 22.7 Å². The molecule has 0 aliphatic carbocycles. The summed E-state index contributed by atoms with van der Waals surface area (Å²) >= 11 is 6.05. The first kappa shape index (κ1) is 23.9. The van der Waals surface area contributed by atoms with Crippen LogP contribution in [0.2, 0.25) is 5.02 Å². The van der Waals surface area contributed by atoms with Gasteiger partial charge in [-0.3, -0.25) is 4.79 Å². The van der Waals surface area contributed by atoms with Crippen LogP contribution >= 0.6 is 11.6 Å². The molecule has 7 nitrogen and oxygen atoms in total. The van der Waals surface area contributed by atoms with E-state index in [9.17, 15) is 18.0 Å². The predicted molar refractivity (Wildman–Crippen MR) is 129 cm³/mol. The largest absolute Gasteiger partial charge is 0.452 e. The number of hydrogen-bond acceptors (Lipinski definition) is 5. The Labute approximate surface area is 203 Å². The number of rotatable bonds is 6. The Balaban J connectivity index is 1.42. The van der Waals surface area contributed by atoms with E-state index in [0.717, 1.165) is 11.1 Å². The van der Waals surface area contributed by atoms with Crippen LogP contribution in [0.15, 0.2) is 71.6 Å². The Kier molecular flexibility index (Phi) is 7.02. The number of nitrogens with zero attached hydrogens (tertiary/aromatic N) is 1. The number of hydrogen-bond donors (Lipinski definition) is 1. The zero-order valence-corrected chi connectivity index (χ0v) is 20.0. The van der Waals surface area contributed by atoms with Crippen molar-refractivity contribution >= 4 is 39.2 Å². The van der Waals surface area contributed by atoms with Gasteiger partial charge < -0.3 is 10.1 Å². The SMILES string of the molecule is Cc1c(Cl)cccc1NC(=O)COC(=O)c1cccc(S(=O)(=O)N2CCc3ccccc3C2)c1. The molecule has 1 N–H and O–H groups in total. The highest BCUT2D eigenvalue weighted by atomic mass is 35.5. The summed E-state index contributed by atoms with van der Waals surface area (Å²) in [5, 5.41) is 3.15. The van der Waals surface area contributed by atoms with Crippen LogP contribution in [0, 0.1) is 6.92 Å². The lowest BCUT2D eigenvalue weighted by Gasteiger charge is -2.28. The molecule has 1 amide bonds. The molecule has 0 atom stereocenters. The van der Waals surface area contributed by atoms with E-state index in [2.05, 4.69) is 5.32 Å². The molecular formula is C25H23ClN2O5S. The number of ether oxygens (including phenoxy) is 1. The number of sulfonamides is 1. The third-order valence-corrected chi connectivity index (χ3v) is 7.93. The summed E-state index contributed by atoms with van der Waals surface area (Å²) in [7, 11) is -3.81. The minimum absolute atomic E-state index is 0.000310.